The van der Waals surface area contributed by atoms with Gasteiger partial charge in [0.25, 0.3) is 5.91 Å². The summed E-state index contributed by atoms with van der Waals surface area (Å²) in [6.45, 7) is 2.79. The minimum Gasteiger partial charge on any atom is -0.480 e. The first kappa shape index (κ1) is 14.5. The summed E-state index contributed by atoms with van der Waals surface area (Å²) >= 11 is 0. The van der Waals surface area contributed by atoms with Crippen LogP contribution >= 0.6 is 0 Å². The highest BCUT2D eigenvalue weighted by molar-refractivity contribution is 5.94. The van der Waals surface area contributed by atoms with Crippen molar-refractivity contribution in [1.82, 2.24) is 10.2 Å². The summed E-state index contributed by atoms with van der Waals surface area (Å²) in [5, 5.41) is 11.0. The normalized spacial score (nSPS) is 9.68. The third-order valence-electron chi connectivity index (χ3n) is 2.17. The first-order chi connectivity index (χ1) is 9.04. The molecule has 0 saturated carbocycles. The molecule has 1 aromatic rings. The smallest absolute Gasteiger partial charge is 0.323 e. The highest BCUT2D eigenvalue weighted by Gasteiger charge is 2.17. The quantitative estimate of drug-likeness (QED) is 0.682. The molecule has 0 saturated heterocycles. The number of hydrogen-bond acceptors (Lipinski definition) is 4. The molecule has 7 nitrogen and oxygen atoms in total. The zero-order valence-electron chi connectivity index (χ0n) is 10.2. The molecular weight excluding hydrogens is 252 g/mol. The molecule has 0 aromatic carbocycles. The lowest BCUT2D eigenvalue weighted by Crippen LogP contribution is -2.42. The van der Waals surface area contributed by atoms with E-state index in [4.69, 9.17) is 9.52 Å². The Morgan fingerprint density at radius 3 is 2.74 bits per heavy atom. The summed E-state index contributed by atoms with van der Waals surface area (Å²) in [4.78, 5) is 34.9. The van der Waals surface area contributed by atoms with Crippen molar-refractivity contribution in [2.24, 2.45) is 0 Å². The van der Waals surface area contributed by atoms with Crippen LogP contribution in [0.2, 0.25) is 0 Å². The molecule has 0 spiro atoms. The summed E-state index contributed by atoms with van der Waals surface area (Å²) in [5.74, 6) is -2.09. The number of carbonyl (C=O) groups is 3. The molecule has 1 aromatic heterocycles. The van der Waals surface area contributed by atoms with Gasteiger partial charge in [-0.25, -0.2) is 0 Å². The Labute approximate surface area is 109 Å². The van der Waals surface area contributed by atoms with Gasteiger partial charge < -0.3 is 19.7 Å². The fourth-order valence-corrected chi connectivity index (χ4v) is 1.34. The van der Waals surface area contributed by atoms with Gasteiger partial charge in [0.15, 0.2) is 5.76 Å². The lowest BCUT2D eigenvalue weighted by molar-refractivity contribution is -0.143. The van der Waals surface area contributed by atoms with Crippen molar-refractivity contribution < 1.29 is 23.9 Å². The number of hydrogen-bond donors (Lipinski definition) is 2. The fourth-order valence-electron chi connectivity index (χ4n) is 1.34. The van der Waals surface area contributed by atoms with Crippen molar-refractivity contribution in [2.45, 2.75) is 0 Å². The van der Waals surface area contributed by atoms with Crippen LogP contribution in [0.1, 0.15) is 10.6 Å². The second-order valence-electron chi connectivity index (χ2n) is 3.62. The summed E-state index contributed by atoms with van der Waals surface area (Å²) in [5.41, 5.74) is 0. The maximum Gasteiger partial charge on any atom is 0.323 e. The van der Waals surface area contributed by atoms with Gasteiger partial charge in [-0.1, -0.05) is 6.08 Å². The van der Waals surface area contributed by atoms with Crippen LogP contribution in [0.4, 0.5) is 0 Å². The highest BCUT2D eigenvalue weighted by Crippen LogP contribution is 1.99. The lowest BCUT2D eigenvalue weighted by Gasteiger charge is -2.18. The van der Waals surface area contributed by atoms with Crippen molar-refractivity contribution >= 4 is 17.8 Å². The van der Waals surface area contributed by atoms with Gasteiger partial charge in [0.2, 0.25) is 5.91 Å². The number of nitrogens with one attached hydrogen (secondary N) is 1. The largest absolute Gasteiger partial charge is 0.480 e. The fraction of sp³-hybridized carbons (Fsp3) is 0.250. The molecule has 102 valence electrons. The number of amides is 2. The third kappa shape index (κ3) is 4.66. The Bertz CT molecular complexity index is 466. The lowest BCUT2D eigenvalue weighted by atomic mass is 10.4. The maximum absolute atomic E-state index is 11.7. The third-order valence-corrected chi connectivity index (χ3v) is 2.17. The Morgan fingerprint density at radius 2 is 2.21 bits per heavy atom. The van der Waals surface area contributed by atoms with Crippen molar-refractivity contribution in [3.63, 3.8) is 0 Å². The number of aliphatic carboxylic acids is 1. The van der Waals surface area contributed by atoms with Crippen molar-refractivity contribution in [2.75, 3.05) is 19.6 Å². The molecule has 1 heterocycles. The number of furan rings is 1. The second kappa shape index (κ2) is 7.00. The summed E-state index contributed by atoms with van der Waals surface area (Å²) < 4.78 is 4.85. The van der Waals surface area contributed by atoms with Crippen molar-refractivity contribution in [1.29, 1.82) is 0 Å². The minimum absolute atomic E-state index is 0.0845. The molecule has 2 amide bonds. The van der Waals surface area contributed by atoms with Gasteiger partial charge in [-0.15, -0.1) is 6.58 Å². The number of nitrogens with zero attached hydrogens (tertiary/aromatic N) is 1. The predicted octanol–water partition coefficient (Wildman–Crippen LogP) is 0.109. The first-order valence-electron chi connectivity index (χ1n) is 5.46. The van der Waals surface area contributed by atoms with E-state index in [-0.39, 0.29) is 18.8 Å². The van der Waals surface area contributed by atoms with Gasteiger partial charge in [-0.2, -0.15) is 0 Å². The molecule has 0 radical (unpaired) electrons. The second-order valence-corrected chi connectivity index (χ2v) is 3.62. The molecule has 1 rings (SSSR count). The molecular formula is C12H14N2O5. The molecule has 19 heavy (non-hydrogen) atoms. The van der Waals surface area contributed by atoms with Crippen LogP contribution in [-0.2, 0) is 9.59 Å². The Hall–Kier alpha value is -2.57. The van der Waals surface area contributed by atoms with Crippen molar-refractivity contribution in [3.05, 3.63) is 36.8 Å². The molecule has 2 N–H and O–H groups in total. The number of carboxylic acid groups (broad SMARTS) is 1. The Morgan fingerprint density at radius 1 is 1.47 bits per heavy atom. The van der Waals surface area contributed by atoms with Gasteiger partial charge >= 0.3 is 5.97 Å². The molecule has 0 fully saturated rings. The molecule has 0 bridgehead atoms. The summed E-state index contributed by atoms with van der Waals surface area (Å²) in [7, 11) is 0. The van der Waals surface area contributed by atoms with Gasteiger partial charge in [0.1, 0.15) is 6.54 Å². The number of rotatable bonds is 7. The number of carboxylic acids is 1. The van der Waals surface area contributed by atoms with E-state index < -0.39 is 24.3 Å². The van der Waals surface area contributed by atoms with E-state index in [0.717, 1.165) is 4.90 Å². The summed E-state index contributed by atoms with van der Waals surface area (Å²) in [6, 6.07) is 3.00. The molecule has 7 heteroatoms. The zero-order valence-corrected chi connectivity index (χ0v) is 10.2. The average molecular weight is 266 g/mol. The predicted molar refractivity (Wildman–Crippen MR) is 65.5 cm³/mol. The highest BCUT2D eigenvalue weighted by atomic mass is 16.4. The summed E-state index contributed by atoms with van der Waals surface area (Å²) in [6.07, 6.45) is 2.75. The van der Waals surface area contributed by atoms with E-state index in [9.17, 15) is 14.4 Å². The first-order valence-corrected chi connectivity index (χ1v) is 5.46. The maximum atomic E-state index is 11.7. The SMILES string of the molecule is C=CCN(CC(=O)O)C(=O)CNC(=O)c1ccco1. The van der Waals surface area contributed by atoms with Crippen molar-refractivity contribution in [3.8, 4) is 0 Å². The standard InChI is InChI=1S/C12H14N2O5/c1-2-5-14(8-11(16)17)10(15)7-13-12(18)9-4-3-6-19-9/h2-4,6H,1,5,7-8H2,(H,13,18)(H,16,17). The molecule has 0 aliphatic heterocycles. The molecule has 0 atom stereocenters. The van der Waals surface area contributed by atoms with Crippen LogP contribution < -0.4 is 5.32 Å². The van der Waals surface area contributed by atoms with E-state index in [1.54, 1.807) is 6.07 Å². The van der Waals surface area contributed by atoms with Crippen LogP contribution in [-0.4, -0.2) is 47.4 Å². The number of carbonyl (C=O) groups excluding carboxylic acids is 2. The van der Waals surface area contributed by atoms with Crippen LogP contribution in [0.15, 0.2) is 35.5 Å². The minimum atomic E-state index is -1.13. The van der Waals surface area contributed by atoms with E-state index >= 15 is 0 Å². The van der Waals surface area contributed by atoms with Crippen LogP contribution in [0.5, 0.6) is 0 Å². The van der Waals surface area contributed by atoms with Gasteiger partial charge in [-0.05, 0) is 12.1 Å². The van der Waals surface area contributed by atoms with Gasteiger partial charge in [0.05, 0.1) is 12.8 Å². The van der Waals surface area contributed by atoms with E-state index in [1.807, 2.05) is 0 Å². The molecule has 0 aliphatic rings. The van der Waals surface area contributed by atoms with E-state index in [0.29, 0.717) is 0 Å². The van der Waals surface area contributed by atoms with Crippen LogP contribution in [0.25, 0.3) is 0 Å². The van der Waals surface area contributed by atoms with Gasteiger partial charge in [-0.3, -0.25) is 14.4 Å². The van der Waals surface area contributed by atoms with Gasteiger partial charge in [0, 0.05) is 6.54 Å². The zero-order chi connectivity index (χ0) is 14.3. The Kier molecular flexibility index (Phi) is 5.34. The monoisotopic (exact) mass is 266 g/mol. The van der Waals surface area contributed by atoms with Crippen LogP contribution in [0.3, 0.4) is 0 Å². The molecule has 0 unspecified atom stereocenters. The van der Waals surface area contributed by atoms with E-state index in [1.165, 1.54) is 18.4 Å². The van der Waals surface area contributed by atoms with E-state index in [2.05, 4.69) is 11.9 Å². The topological polar surface area (TPSA) is 99.9 Å². The Balaban J connectivity index is 2.50. The van der Waals surface area contributed by atoms with Crippen LogP contribution in [0, 0.1) is 0 Å². The molecule has 0 aliphatic carbocycles. The average Bonchev–Trinajstić information content (AvgIpc) is 2.88.